The van der Waals surface area contributed by atoms with Gasteiger partial charge in [0.2, 0.25) is 0 Å². The Balaban J connectivity index is 0.00000338. The number of anilines is 1. The largest absolute Gasteiger partial charge is 0.383 e. The average molecular weight is 402 g/mol. The van der Waals surface area contributed by atoms with E-state index in [4.69, 9.17) is 9.02 Å². The van der Waals surface area contributed by atoms with E-state index in [0.29, 0.717) is 5.92 Å². The topological polar surface area (TPSA) is 28.2 Å². The van der Waals surface area contributed by atoms with E-state index in [1.54, 1.807) is 7.11 Å². The molecule has 26 heavy (non-hydrogen) atoms. The van der Waals surface area contributed by atoms with Crippen molar-refractivity contribution in [2.75, 3.05) is 57.8 Å². The third-order valence-corrected chi connectivity index (χ3v) is 5.45. The van der Waals surface area contributed by atoms with Crippen LogP contribution in [-0.2, 0) is 9.02 Å². The van der Waals surface area contributed by atoms with Crippen LogP contribution in [0.25, 0.3) is 0 Å². The Labute approximate surface area is 170 Å². The molecular weight excluding hydrogens is 366 g/mol. The van der Waals surface area contributed by atoms with Gasteiger partial charge in [0.25, 0.3) is 0 Å². The van der Waals surface area contributed by atoms with Gasteiger partial charge in [-0.3, -0.25) is 9.21 Å². The second-order valence-corrected chi connectivity index (χ2v) is 7.54. The first-order chi connectivity index (χ1) is 12.1. The maximum absolute atomic E-state index is 5.89. The second-order valence-electron chi connectivity index (χ2n) is 6.69. The van der Waals surface area contributed by atoms with Gasteiger partial charge >= 0.3 is 0 Å². The smallest absolute Gasteiger partial charge is 0.135 e. The van der Waals surface area contributed by atoms with Crippen molar-refractivity contribution in [1.82, 2.24) is 9.96 Å². The molecule has 0 spiro atoms. The lowest BCUT2D eigenvalue weighted by molar-refractivity contribution is -0.0736. The zero-order chi connectivity index (χ0) is 18.1. The van der Waals surface area contributed by atoms with Crippen LogP contribution in [0.4, 0.5) is 5.69 Å². The van der Waals surface area contributed by atoms with Crippen molar-refractivity contribution in [2.24, 2.45) is 0 Å². The number of ether oxygens (including phenoxy) is 1. The Bertz CT molecular complexity index is 482. The van der Waals surface area contributed by atoms with Crippen molar-refractivity contribution in [3.63, 3.8) is 0 Å². The summed E-state index contributed by atoms with van der Waals surface area (Å²) in [7, 11) is 3.80. The molecular formula is C19H35N3O2S2. The van der Waals surface area contributed by atoms with Gasteiger partial charge in [0, 0.05) is 52.6 Å². The number of hydrogen-bond donors (Lipinski definition) is 0. The molecule has 0 N–H and O–H groups in total. The van der Waals surface area contributed by atoms with E-state index in [9.17, 15) is 0 Å². The van der Waals surface area contributed by atoms with Crippen LogP contribution in [0.15, 0.2) is 24.3 Å². The van der Waals surface area contributed by atoms with Crippen molar-refractivity contribution < 1.29 is 9.02 Å². The van der Waals surface area contributed by atoms with Gasteiger partial charge in [-0.25, -0.2) is 4.28 Å². The summed E-state index contributed by atoms with van der Waals surface area (Å²) in [5.41, 5.74) is 2.58. The molecule has 1 unspecified atom stereocenters. The van der Waals surface area contributed by atoms with Crippen LogP contribution in [-0.4, -0.2) is 63.5 Å². The molecule has 0 aromatic heterocycles. The van der Waals surface area contributed by atoms with Crippen molar-refractivity contribution in [3.05, 3.63) is 29.8 Å². The molecule has 1 saturated heterocycles. The Hall–Kier alpha value is -0.440. The van der Waals surface area contributed by atoms with E-state index < -0.39 is 0 Å². The highest BCUT2D eigenvalue weighted by Gasteiger charge is 2.18. The van der Waals surface area contributed by atoms with Gasteiger partial charge in [-0.1, -0.05) is 32.4 Å². The molecule has 7 heteroatoms. The van der Waals surface area contributed by atoms with Gasteiger partial charge in [0.05, 0.1) is 6.61 Å². The summed E-state index contributed by atoms with van der Waals surface area (Å²) < 4.78 is 13.1. The van der Waals surface area contributed by atoms with Gasteiger partial charge < -0.3 is 4.74 Å². The van der Waals surface area contributed by atoms with E-state index in [1.807, 2.05) is 12.1 Å². The minimum atomic E-state index is 0. The molecule has 150 valence electrons. The lowest BCUT2D eigenvalue weighted by Gasteiger charge is -2.33. The summed E-state index contributed by atoms with van der Waals surface area (Å²) in [6.45, 7) is 10.2. The maximum atomic E-state index is 5.89. The molecule has 2 rings (SSSR count). The molecule has 0 saturated carbocycles. The minimum absolute atomic E-state index is 0. The summed E-state index contributed by atoms with van der Waals surface area (Å²) in [5, 5.41) is 2.04. The van der Waals surface area contributed by atoms with E-state index >= 15 is 0 Å². The van der Waals surface area contributed by atoms with Gasteiger partial charge in [0.15, 0.2) is 0 Å². The highest BCUT2D eigenvalue weighted by atomic mass is 32.2. The number of piperazine rings is 1. The van der Waals surface area contributed by atoms with Crippen LogP contribution in [0.2, 0.25) is 0 Å². The number of benzene rings is 1. The van der Waals surface area contributed by atoms with Crippen LogP contribution >= 0.6 is 25.7 Å². The third-order valence-electron chi connectivity index (χ3n) is 4.74. The lowest BCUT2D eigenvalue weighted by atomic mass is 9.96. The summed E-state index contributed by atoms with van der Waals surface area (Å²) in [5.74, 6) is 0.627. The van der Waals surface area contributed by atoms with Crippen molar-refractivity contribution in [2.45, 2.75) is 32.6 Å². The molecule has 1 atom stereocenters. The first-order valence-corrected chi connectivity index (χ1v) is 9.98. The fourth-order valence-electron chi connectivity index (χ4n) is 3.00. The monoisotopic (exact) mass is 401 g/mol. The molecule has 1 aromatic carbocycles. The quantitative estimate of drug-likeness (QED) is 0.436. The van der Waals surface area contributed by atoms with E-state index in [0.717, 1.165) is 45.0 Å². The summed E-state index contributed by atoms with van der Waals surface area (Å²) in [6.07, 6.45) is 2.47. The highest BCUT2D eigenvalue weighted by molar-refractivity contribution is 7.96. The number of nitrogens with zero attached hydrogens (tertiary/aromatic N) is 3. The van der Waals surface area contributed by atoms with Crippen LogP contribution in [0, 0.1) is 0 Å². The minimum Gasteiger partial charge on any atom is -0.383 e. The molecule has 1 aliphatic heterocycles. The SMILES string of the molecule is CCCC(C)c1ccc(N(C)SON2CCN(CCOC)CC2)cc1.S. The first kappa shape index (κ1) is 23.6. The standard InChI is InChI=1S/C19H33N3O2S.H2S/c1-5-6-17(2)18-7-9-19(10-8-18)20(3)25-24-22-13-11-21(12-14-22)15-16-23-4;/h7-10,17H,5-6,11-16H2,1-4H3;1H2. The third kappa shape index (κ3) is 7.66. The molecule has 1 aliphatic rings. The van der Waals surface area contributed by atoms with Crippen molar-refractivity contribution in [3.8, 4) is 0 Å². The fraction of sp³-hybridized carbons (Fsp3) is 0.684. The zero-order valence-corrected chi connectivity index (χ0v) is 18.4. The summed E-state index contributed by atoms with van der Waals surface area (Å²) >= 11 is 1.40. The van der Waals surface area contributed by atoms with Crippen LogP contribution in [0.5, 0.6) is 0 Å². The predicted octanol–water partition coefficient (Wildman–Crippen LogP) is 3.90. The second kappa shape index (κ2) is 12.9. The number of hydrogen-bond acceptors (Lipinski definition) is 6. The van der Waals surface area contributed by atoms with Gasteiger partial charge in [-0.15, -0.1) is 0 Å². The highest BCUT2D eigenvalue weighted by Crippen LogP contribution is 2.26. The Morgan fingerprint density at radius 1 is 1.15 bits per heavy atom. The molecule has 0 amide bonds. The summed E-state index contributed by atoms with van der Waals surface area (Å²) in [4.78, 5) is 2.41. The number of rotatable bonds is 10. The summed E-state index contributed by atoms with van der Waals surface area (Å²) in [6, 6.07) is 8.84. The lowest BCUT2D eigenvalue weighted by Crippen LogP contribution is -2.46. The normalized spacial score (nSPS) is 16.9. The molecule has 0 aliphatic carbocycles. The van der Waals surface area contributed by atoms with E-state index in [-0.39, 0.29) is 13.5 Å². The first-order valence-electron chi connectivity index (χ1n) is 9.28. The van der Waals surface area contributed by atoms with Crippen LogP contribution in [0.3, 0.4) is 0 Å². The Morgan fingerprint density at radius 2 is 1.81 bits per heavy atom. The molecule has 0 radical (unpaired) electrons. The Kier molecular flexibility index (Phi) is 11.7. The van der Waals surface area contributed by atoms with E-state index in [2.05, 4.69) is 47.3 Å². The van der Waals surface area contributed by atoms with Gasteiger partial charge in [-0.05, 0) is 30.0 Å². The maximum Gasteiger partial charge on any atom is 0.135 e. The van der Waals surface area contributed by atoms with Crippen LogP contribution in [0.1, 0.15) is 38.2 Å². The molecule has 1 aromatic rings. The molecule has 0 bridgehead atoms. The molecule has 5 nitrogen and oxygen atoms in total. The fourth-order valence-corrected chi connectivity index (χ4v) is 3.55. The number of hydroxylamine groups is 2. The zero-order valence-electron chi connectivity index (χ0n) is 16.6. The van der Waals surface area contributed by atoms with Gasteiger partial charge in [0.1, 0.15) is 12.2 Å². The average Bonchev–Trinajstić information content (AvgIpc) is 2.65. The van der Waals surface area contributed by atoms with E-state index in [1.165, 1.54) is 30.6 Å². The molecule has 1 heterocycles. The van der Waals surface area contributed by atoms with Crippen molar-refractivity contribution in [1.29, 1.82) is 0 Å². The van der Waals surface area contributed by atoms with Crippen LogP contribution < -0.4 is 4.31 Å². The predicted molar refractivity (Wildman–Crippen MR) is 117 cm³/mol. The molecule has 1 fully saturated rings. The Morgan fingerprint density at radius 3 is 2.38 bits per heavy atom. The van der Waals surface area contributed by atoms with Gasteiger partial charge in [-0.2, -0.15) is 18.6 Å². The number of methoxy groups -OCH3 is 1. The van der Waals surface area contributed by atoms with Crippen molar-refractivity contribution >= 4 is 31.4 Å².